The Hall–Kier alpha value is -2.77. The van der Waals surface area contributed by atoms with Crippen LogP contribution in [0.3, 0.4) is 0 Å². The molecule has 1 fully saturated rings. The van der Waals surface area contributed by atoms with Crippen LogP contribution in [0.1, 0.15) is 39.3 Å². The molecule has 1 aliphatic rings. The molecule has 0 spiro atoms. The van der Waals surface area contributed by atoms with E-state index < -0.39 is 0 Å². The number of morpholine rings is 1. The van der Waals surface area contributed by atoms with Crippen LogP contribution in [0.4, 0.5) is 0 Å². The Labute approximate surface area is 177 Å². The smallest absolute Gasteiger partial charge is 0.256 e. The fraction of sp³-hybridized carbons (Fsp3) is 0.435. The lowest BCUT2D eigenvalue weighted by Gasteiger charge is -2.23. The minimum Gasteiger partial charge on any atom is -0.370 e. The first-order valence-corrected chi connectivity index (χ1v) is 10.7. The highest BCUT2D eigenvalue weighted by atomic mass is 16.5. The van der Waals surface area contributed by atoms with E-state index >= 15 is 0 Å². The molecule has 1 saturated heterocycles. The van der Waals surface area contributed by atoms with Crippen molar-refractivity contribution in [1.82, 2.24) is 19.9 Å². The van der Waals surface area contributed by atoms with Gasteiger partial charge in [-0.15, -0.1) is 0 Å². The SMILES string of the molecule is Cc1nc2c(C(=O)NCCC[NH+]3CCOCC3)cnn2c(C)c1Cc1ccccc1. The maximum Gasteiger partial charge on any atom is 0.256 e. The number of fused-ring (bicyclic) bond motifs is 1. The molecule has 0 atom stereocenters. The molecule has 0 radical (unpaired) electrons. The lowest BCUT2D eigenvalue weighted by atomic mass is 10.0. The van der Waals surface area contributed by atoms with Crippen LogP contribution in [-0.4, -0.2) is 59.9 Å². The van der Waals surface area contributed by atoms with Crippen LogP contribution in [0.5, 0.6) is 0 Å². The molecule has 2 aromatic heterocycles. The summed E-state index contributed by atoms with van der Waals surface area (Å²) in [6, 6.07) is 10.3. The maximum atomic E-state index is 12.7. The maximum absolute atomic E-state index is 12.7. The largest absolute Gasteiger partial charge is 0.370 e. The second-order valence-electron chi connectivity index (χ2n) is 7.94. The molecule has 2 N–H and O–H groups in total. The second kappa shape index (κ2) is 9.36. The summed E-state index contributed by atoms with van der Waals surface area (Å²) >= 11 is 0. The number of hydrogen-bond acceptors (Lipinski definition) is 4. The van der Waals surface area contributed by atoms with Crippen LogP contribution < -0.4 is 10.2 Å². The predicted octanol–water partition coefficient (Wildman–Crippen LogP) is 0.972. The molecule has 30 heavy (non-hydrogen) atoms. The van der Waals surface area contributed by atoms with Crippen molar-refractivity contribution < 1.29 is 14.4 Å². The van der Waals surface area contributed by atoms with Gasteiger partial charge in [0.05, 0.1) is 26.0 Å². The Bertz CT molecular complexity index is 1010. The van der Waals surface area contributed by atoms with Crippen molar-refractivity contribution in [2.45, 2.75) is 26.7 Å². The summed E-state index contributed by atoms with van der Waals surface area (Å²) in [7, 11) is 0. The average molecular weight is 409 g/mol. The molecule has 1 aromatic carbocycles. The second-order valence-corrected chi connectivity index (χ2v) is 7.94. The number of aryl methyl sites for hydroxylation is 2. The first kappa shape index (κ1) is 20.5. The lowest BCUT2D eigenvalue weighted by Crippen LogP contribution is -3.14. The number of benzene rings is 1. The third-order valence-corrected chi connectivity index (χ3v) is 5.87. The molecule has 3 aromatic rings. The Morgan fingerprint density at radius 2 is 1.97 bits per heavy atom. The van der Waals surface area contributed by atoms with Gasteiger partial charge in [0.1, 0.15) is 18.7 Å². The first-order chi connectivity index (χ1) is 14.6. The molecule has 1 aliphatic heterocycles. The zero-order valence-corrected chi connectivity index (χ0v) is 17.8. The van der Waals surface area contributed by atoms with Crippen LogP contribution in [-0.2, 0) is 11.2 Å². The fourth-order valence-corrected chi connectivity index (χ4v) is 4.07. The summed E-state index contributed by atoms with van der Waals surface area (Å²) in [6.07, 6.45) is 3.38. The van der Waals surface area contributed by atoms with E-state index in [1.54, 1.807) is 15.6 Å². The van der Waals surface area contributed by atoms with Gasteiger partial charge >= 0.3 is 0 Å². The number of amides is 1. The molecular weight excluding hydrogens is 378 g/mol. The van der Waals surface area contributed by atoms with Gasteiger partial charge in [0.25, 0.3) is 5.91 Å². The monoisotopic (exact) mass is 408 g/mol. The number of rotatable bonds is 7. The molecule has 1 amide bonds. The zero-order chi connectivity index (χ0) is 20.9. The van der Waals surface area contributed by atoms with Gasteiger partial charge in [-0.2, -0.15) is 5.10 Å². The number of nitrogens with zero attached hydrogens (tertiary/aromatic N) is 3. The number of aromatic nitrogens is 3. The summed E-state index contributed by atoms with van der Waals surface area (Å²) in [5, 5.41) is 7.49. The quantitative estimate of drug-likeness (QED) is 0.572. The summed E-state index contributed by atoms with van der Waals surface area (Å²) in [5.74, 6) is -0.107. The fourth-order valence-electron chi connectivity index (χ4n) is 4.07. The summed E-state index contributed by atoms with van der Waals surface area (Å²) in [5.41, 5.74) is 5.50. The third-order valence-electron chi connectivity index (χ3n) is 5.87. The van der Waals surface area contributed by atoms with Gasteiger partial charge in [-0.05, 0) is 25.0 Å². The van der Waals surface area contributed by atoms with Gasteiger partial charge in [0.15, 0.2) is 5.65 Å². The van der Waals surface area contributed by atoms with Crippen LogP contribution in [0, 0.1) is 13.8 Å². The normalized spacial score (nSPS) is 14.9. The zero-order valence-electron chi connectivity index (χ0n) is 17.8. The van der Waals surface area contributed by atoms with Gasteiger partial charge in [-0.1, -0.05) is 30.3 Å². The standard InChI is InChI=1S/C23H29N5O2/c1-17-20(15-19-7-4-3-5-8-19)18(2)28-22(26-17)21(16-25-28)23(29)24-9-6-10-27-11-13-30-14-12-27/h3-5,7-8,16H,6,9-15H2,1-2H3,(H,24,29)/p+1. The number of quaternary nitrogens is 1. The van der Waals surface area contributed by atoms with Crippen molar-refractivity contribution in [1.29, 1.82) is 0 Å². The predicted molar refractivity (Wildman–Crippen MR) is 115 cm³/mol. The Balaban J connectivity index is 1.44. The third kappa shape index (κ3) is 4.52. The average Bonchev–Trinajstić information content (AvgIpc) is 3.19. The van der Waals surface area contributed by atoms with E-state index in [2.05, 4.69) is 22.5 Å². The molecule has 7 heteroatoms. The van der Waals surface area contributed by atoms with Gasteiger partial charge in [0.2, 0.25) is 0 Å². The molecule has 158 valence electrons. The van der Waals surface area contributed by atoms with E-state index in [4.69, 9.17) is 9.72 Å². The number of ether oxygens (including phenoxy) is 1. The molecular formula is C23H30N5O2+. The van der Waals surface area contributed by atoms with Crippen molar-refractivity contribution in [2.24, 2.45) is 0 Å². The van der Waals surface area contributed by atoms with E-state index in [0.29, 0.717) is 17.8 Å². The van der Waals surface area contributed by atoms with Gasteiger partial charge < -0.3 is 15.0 Å². The highest BCUT2D eigenvalue weighted by Crippen LogP contribution is 2.20. The van der Waals surface area contributed by atoms with Crippen molar-refractivity contribution >= 4 is 11.6 Å². The topological polar surface area (TPSA) is 73.0 Å². The molecule has 0 unspecified atom stereocenters. The Morgan fingerprint density at radius 3 is 2.73 bits per heavy atom. The summed E-state index contributed by atoms with van der Waals surface area (Å²) in [6.45, 7) is 9.53. The van der Waals surface area contributed by atoms with Gasteiger partial charge in [-0.3, -0.25) is 4.79 Å². The van der Waals surface area contributed by atoms with Crippen LogP contribution >= 0.6 is 0 Å². The number of carbonyl (C=O) groups excluding carboxylic acids is 1. The van der Waals surface area contributed by atoms with E-state index in [1.165, 1.54) is 5.56 Å². The van der Waals surface area contributed by atoms with Crippen LogP contribution in [0.2, 0.25) is 0 Å². The number of nitrogens with one attached hydrogen (secondary N) is 2. The first-order valence-electron chi connectivity index (χ1n) is 10.7. The molecule has 0 saturated carbocycles. The van der Waals surface area contributed by atoms with Crippen molar-refractivity contribution in [2.75, 3.05) is 39.4 Å². The summed E-state index contributed by atoms with van der Waals surface area (Å²) in [4.78, 5) is 19.0. The van der Waals surface area contributed by atoms with Crippen molar-refractivity contribution in [3.63, 3.8) is 0 Å². The number of hydrogen-bond donors (Lipinski definition) is 2. The van der Waals surface area contributed by atoms with E-state index in [1.807, 2.05) is 32.0 Å². The van der Waals surface area contributed by atoms with E-state index in [9.17, 15) is 4.79 Å². The number of carbonyl (C=O) groups is 1. The van der Waals surface area contributed by atoms with Crippen LogP contribution in [0.15, 0.2) is 36.5 Å². The van der Waals surface area contributed by atoms with Crippen molar-refractivity contribution in [3.8, 4) is 0 Å². The highest BCUT2D eigenvalue weighted by molar-refractivity contribution is 5.99. The minimum atomic E-state index is -0.107. The lowest BCUT2D eigenvalue weighted by molar-refractivity contribution is -0.908. The molecule has 4 rings (SSSR count). The molecule has 7 nitrogen and oxygen atoms in total. The Kier molecular flexibility index (Phi) is 6.40. The summed E-state index contributed by atoms with van der Waals surface area (Å²) < 4.78 is 7.18. The minimum absolute atomic E-state index is 0.107. The Morgan fingerprint density at radius 1 is 1.20 bits per heavy atom. The van der Waals surface area contributed by atoms with Crippen molar-refractivity contribution in [3.05, 3.63) is 64.6 Å². The van der Waals surface area contributed by atoms with Gasteiger partial charge in [0, 0.05) is 30.8 Å². The highest BCUT2D eigenvalue weighted by Gasteiger charge is 2.19. The molecule has 0 bridgehead atoms. The van der Waals surface area contributed by atoms with E-state index in [-0.39, 0.29) is 5.91 Å². The van der Waals surface area contributed by atoms with Gasteiger partial charge in [-0.25, -0.2) is 9.50 Å². The molecule has 3 heterocycles. The van der Waals surface area contributed by atoms with E-state index in [0.717, 1.165) is 62.6 Å². The van der Waals surface area contributed by atoms with Crippen LogP contribution in [0.25, 0.3) is 5.65 Å². The molecule has 0 aliphatic carbocycles.